The molecule has 0 radical (unpaired) electrons. The molecule has 0 aromatic heterocycles. The minimum Gasteiger partial charge on any atom is -0.326 e. The molecule has 1 aromatic rings. The molecule has 5 aliphatic rings. The van der Waals surface area contributed by atoms with Gasteiger partial charge >= 0.3 is 0 Å². The third kappa shape index (κ3) is 3.09. The highest BCUT2D eigenvalue weighted by Crippen LogP contribution is 2.60. The number of benzene rings is 1. The summed E-state index contributed by atoms with van der Waals surface area (Å²) in [6, 6.07) is 5.89. The minimum absolute atomic E-state index is 0.0212. The SMILES string of the molecule is C=CCN(C(=O)C12CC3CC(CC(C3)C1)C2)C1CC(=O)N(c2ccc(Cl)cc2)C1=O. The van der Waals surface area contributed by atoms with E-state index in [0.717, 1.165) is 19.3 Å². The van der Waals surface area contributed by atoms with E-state index in [-0.39, 0.29) is 29.6 Å². The van der Waals surface area contributed by atoms with Crippen molar-refractivity contribution in [3.63, 3.8) is 0 Å². The fourth-order valence-electron chi connectivity index (χ4n) is 6.89. The molecule has 4 aliphatic carbocycles. The van der Waals surface area contributed by atoms with Crippen LogP contribution in [0.25, 0.3) is 0 Å². The first-order valence-corrected chi connectivity index (χ1v) is 11.3. The van der Waals surface area contributed by atoms with Gasteiger partial charge in [-0.25, -0.2) is 4.90 Å². The van der Waals surface area contributed by atoms with Crippen molar-refractivity contribution in [2.75, 3.05) is 11.4 Å². The van der Waals surface area contributed by atoms with Gasteiger partial charge in [-0.15, -0.1) is 6.58 Å². The van der Waals surface area contributed by atoms with Gasteiger partial charge in [0.2, 0.25) is 11.8 Å². The van der Waals surface area contributed by atoms with E-state index in [0.29, 0.717) is 35.0 Å². The molecule has 5 nitrogen and oxygen atoms in total. The maximum atomic E-state index is 13.9. The van der Waals surface area contributed by atoms with E-state index in [2.05, 4.69) is 6.58 Å². The van der Waals surface area contributed by atoms with Gasteiger partial charge in [-0.05, 0) is 80.5 Å². The van der Waals surface area contributed by atoms with E-state index in [4.69, 9.17) is 11.6 Å². The maximum Gasteiger partial charge on any atom is 0.257 e. The van der Waals surface area contributed by atoms with Crippen molar-refractivity contribution in [1.29, 1.82) is 0 Å². The summed E-state index contributed by atoms with van der Waals surface area (Å²) in [7, 11) is 0. The third-order valence-electron chi connectivity index (χ3n) is 7.66. The molecule has 1 aliphatic heterocycles. The number of hydrogen-bond donors (Lipinski definition) is 0. The Balaban J connectivity index is 1.43. The van der Waals surface area contributed by atoms with Crippen LogP contribution in [0.15, 0.2) is 36.9 Å². The highest BCUT2D eigenvalue weighted by atomic mass is 35.5. The maximum absolute atomic E-state index is 13.9. The van der Waals surface area contributed by atoms with Crippen LogP contribution in [0, 0.1) is 23.2 Å². The minimum atomic E-state index is -0.758. The molecule has 30 heavy (non-hydrogen) atoms. The van der Waals surface area contributed by atoms with Gasteiger partial charge in [-0.1, -0.05) is 17.7 Å². The van der Waals surface area contributed by atoms with Gasteiger partial charge in [0.05, 0.1) is 17.5 Å². The summed E-state index contributed by atoms with van der Waals surface area (Å²) in [5, 5.41) is 0.541. The molecule has 1 aromatic carbocycles. The fraction of sp³-hybridized carbons (Fsp3) is 0.542. The summed E-state index contributed by atoms with van der Waals surface area (Å²) in [5.74, 6) is 1.36. The topological polar surface area (TPSA) is 57.7 Å². The monoisotopic (exact) mass is 426 g/mol. The van der Waals surface area contributed by atoms with Gasteiger partial charge < -0.3 is 4.90 Å². The molecular weight excluding hydrogens is 400 g/mol. The van der Waals surface area contributed by atoms with Crippen LogP contribution in [0.3, 0.4) is 0 Å². The second-order valence-corrected chi connectivity index (χ2v) is 10.1. The number of halogens is 1. The standard InChI is InChI=1S/C24H27ClN2O3/c1-2-7-26(23(30)24-12-15-8-16(13-24)10-17(9-15)14-24)20-11-21(28)27(22(20)29)19-5-3-18(25)4-6-19/h2-6,15-17,20H,1,7-14H2. The Morgan fingerprint density at radius 3 is 2.20 bits per heavy atom. The lowest BCUT2D eigenvalue weighted by Gasteiger charge is -2.56. The van der Waals surface area contributed by atoms with Crippen molar-refractivity contribution >= 4 is 35.0 Å². The molecule has 6 rings (SSSR count). The molecular formula is C24H27ClN2O3. The Labute approximate surface area is 182 Å². The number of amides is 3. The zero-order valence-corrected chi connectivity index (χ0v) is 17.8. The molecule has 4 saturated carbocycles. The van der Waals surface area contributed by atoms with Crippen LogP contribution >= 0.6 is 11.6 Å². The van der Waals surface area contributed by atoms with Crippen molar-refractivity contribution in [3.05, 3.63) is 41.9 Å². The van der Waals surface area contributed by atoms with E-state index >= 15 is 0 Å². The van der Waals surface area contributed by atoms with E-state index in [1.807, 2.05) is 0 Å². The largest absolute Gasteiger partial charge is 0.326 e. The van der Waals surface area contributed by atoms with Crippen LogP contribution in [-0.4, -0.2) is 35.2 Å². The lowest BCUT2D eigenvalue weighted by molar-refractivity contribution is -0.160. The first kappa shape index (κ1) is 19.8. The van der Waals surface area contributed by atoms with Gasteiger partial charge in [0.1, 0.15) is 6.04 Å². The lowest BCUT2D eigenvalue weighted by atomic mass is 9.49. The van der Waals surface area contributed by atoms with Crippen molar-refractivity contribution in [1.82, 2.24) is 4.90 Å². The molecule has 5 fully saturated rings. The van der Waals surface area contributed by atoms with Gasteiger partial charge in [0.25, 0.3) is 5.91 Å². The number of carbonyl (C=O) groups is 3. The van der Waals surface area contributed by atoms with Crippen molar-refractivity contribution < 1.29 is 14.4 Å². The molecule has 1 heterocycles. The molecule has 158 valence electrons. The molecule has 1 atom stereocenters. The Morgan fingerprint density at radius 1 is 1.10 bits per heavy atom. The number of hydrogen-bond acceptors (Lipinski definition) is 3. The second-order valence-electron chi connectivity index (χ2n) is 9.71. The first-order valence-electron chi connectivity index (χ1n) is 10.9. The summed E-state index contributed by atoms with van der Waals surface area (Å²) in [6.45, 7) is 4.10. The second kappa shape index (κ2) is 7.23. The molecule has 6 heteroatoms. The predicted octanol–water partition coefficient (Wildman–Crippen LogP) is 4.20. The predicted molar refractivity (Wildman–Crippen MR) is 115 cm³/mol. The van der Waals surface area contributed by atoms with Crippen LogP contribution in [0.1, 0.15) is 44.9 Å². The smallest absolute Gasteiger partial charge is 0.257 e. The van der Waals surface area contributed by atoms with Crippen molar-refractivity contribution in [2.24, 2.45) is 23.2 Å². The Bertz CT molecular complexity index is 874. The zero-order valence-electron chi connectivity index (χ0n) is 17.1. The summed E-state index contributed by atoms with van der Waals surface area (Å²) in [6.07, 6.45) is 8.23. The molecule has 4 bridgehead atoms. The molecule has 3 amide bonds. The third-order valence-corrected chi connectivity index (χ3v) is 7.91. The summed E-state index contributed by atoms with van der Waals surface area (Å²) < 4.78 is 0. The van der Waals surface area contributed by atoms with Gasteiger partial charge in [-0.2, -0.15) is 0 Å². The Morgan fingerprint density at radius 2 is 1.67 bits per heavy atom. The quantitative estimate of drug-likeness (QED) is 0.523. The van der Waals surface area contributed by atoms with E-state index in [1.54, 1.807) is 35.2 Å². The fourth-order valence-corrected chi connectivity index (χ4v) is 7.01. The van der Waals surface area contributed by atoms with E-state index < -0.39 is 6.04 Å². The summed E-state index contributed by atoms with van der Waals surface area (Å²) >= 11 is 5.95. The van der Waals surface area contributed by atoms with Crippen LogP contribution in [0.4, 0.5) is 5.69 Å². The first-order chi connectivity index (χ1) is 14.4. The van der Waals surface area contributed by atoms with Crippen LogP contribution < -0.4 is 4.90 Å². The van der Waals surface area contributed by atoms with E-state index in [9.17, 15) is 14.4 Å². The van der Waals surface area contributed by atoms with Crippen molar-refractivity contribution in [3.8, 4) is 0 Å². The number of anilines is 1. The highest BCUT2D eigenvalue weighted by molar-refractivity contribution is 6.30. The lowest BCUT2D eigenvalue weighted by Crippen LogP contribution is -2.57. The average molecular weight is 427 g/mol. The summed E-state index contributed by atoms with van der Waals surface area (Å²) in [4.78, 5) is 42.8. The molecule has 1 unspecified atom stereocenters. The van der Waals surface area contributed by atoms with Gasteiger partial charge in [0, 0.05) is 11.6 Å². The molecule has 1 saturated heterocycles. The molecule has 0 N–H and O–H groups in total. The Hall–Kier alpha value is -2.14. The van der Waals surface area contributed by atoms with Crippen LogP contribution in [0.2, 0.25) is 5.02 Å². The van der Waals surface area contributed by atoms with Gasteiger partial charge in [0.15, 0.2) is 0 Å². The number of nitrogens with zero attached hydrogens (tertiary/aromatic N) is 2. The zero-order chi connectivity index (χ0) is 21.0. The molecule has 0 spiro atoms. The Kier molecular flexibility index (Phi) is 4.77. The normalized spacial score (nSPS) is 34.5. The highest BCUT2D eigenvalue weighted by Gasteiger charge is 2.57. The summed E-state index contributed by atoms with van der Waals surface area (Å²) in [5.41, 5.74) is 0.145. The van der Waals surface area contributed by atoms with Crippen LogP contribution in [-0.2, 0) is 14.4 Å². The van der Waals surface area contributed by atoms with Gasteiger partial charge in [-0.3, -0.25) is 14.4 Å². The average Bonchev–Trinajstić information content (AvgIpc) is 2.99. The van der Waals surface area contributed by atoms with Crippen LogP contribution in [0.5, 0.6) is 0 Å². The number of rotatable bonds is 5. The number of imide groups is 1. The van der Waals surface area contributed by atoms with E-state index in [1.165, 1.54) is 24.2 Å². The number of carbonyl (C=O) groups excluding carboxylic acids is 3. The van der Waals surface area contributed by atoms with Crippen molar-refractivity contribution in [2.45, 2.75) is 51.0 Å².